The molecule has 17 heteroatoms. The average Bonchev–Trinajstić information content (AvgIpc) is 3.04. The highest BCUT2D eigenvalue weighted by atomic mass is 35.5. The number of benzene rings is 1. The Bertz CT molecular complexity index is 1550. The van der Waals surface area contributed by atoms with Gasteiger partial charge in [-0.05, 0) is 16.7 Å². The summed E-state index contributed by atoms with van der Waals surface area (Å²) in [6.45, 7) is 2.46. The summed E-state index contributed by atoms with van der Waals surface area (Å²) >= 11 is 12.2. The third-order valence-corrected chi connectivity index (χ3v) is 6.86. The number of nitrogens with one attached hydrogen (secondary N) is 1. The van der Waals surface area contributed by atoms with E-state index in [1.54, 1.807) is 24.3 Å². The van der Waals surface area contributed by atoms with Gasteiger partial charge in [0.25, 0.3) is 11.5 Å². The third-order valence-electron chi connectivity index (χ3n) is 6.28. The normalized spacial score (nSPS) is 11.4. The number of pyridine rings is 1. The van der Waals surface area contributed by atoms with Crippen LogP contribution in [-0.2, 0) is 37.2 Å². The van der Waals surface area contributed by atoms with Gasteiger partial charge in [-0.25, -0.2) is 9.48 Å². The van der Waals surface area contributed by atoms with Crippen molar-refractivity contribution in [3.8, 4) is 16.9 Å². The first-order chi connectivity index (χ1) is 22.3. The summed E-state index contributed by atoms with van der Waals surface area (Å²) in [5, 5.41) is 10.1. The molecule has 0 bridgehead atoms. The Hall–Kier alpha value is -4.24. The summed E-state index contributed by atoms with van der Waals surface area (Å²) in [6, 6.07) is 5.81. The summed E-state index contributed by atoms with van der Waals surface area (Å²) < 4.78 is 28.1. The maximum Gasteiger partial charge on any atom is 0.328 e. The fourth-order valence-corrected chi connectivity index (χ4v) is 4.57. The van der Waals surface area contributed by atoms with Crippen molar-refractivity contribution in [2.75, 3.05) is 59.9 Å². The molecule has 1 N–H and O–H groups in total. The zero-order valence-electron chi connectivity index (χ0n) is 25.2. The minimum Gasteiger partial charge on any atom is -0.489 e. The first-order valence-electron chi connectivity index (χ1n) is 14.0. The van der Waals surface area contributed by atoms with Crippen molar-refractivity contribution in [2.24, 2.45) is 12.2 Å². The second-order valence-electron chi connectivity index (χ2n) is 9.38. The van der Waals surface area contributed by atoms with Crippen LogP contribution in [0.4, 0.5) is 0 Å². The molecular weight excluding hydrogens is 645 g/mol. The number of rotatable bonds is 19. The van der Waals surface area contributed by atoms with Crippen molar-refractivity contribution in [1.82, 2.24) is 20.1 Å². The minimum atomic E-state index is -1.05. The van der Waals surface area contributed by atoms with Crippen LogP contribution in [0.5, 0.6) is 5.75 Å². The van der Waals surface area contributed by atoms with Crippen molar-refractivity contribution < 1.29 is 33.3 Å². The van der Waals surface area contributed by atoms with E-state index in [-0.39, 0.29) is 53.1 Å². The number of methoxy groups -OCH3 is 1. The van der Waals surface area contributed by atoms with E-state index < -0.39 is 17.9 Å². The molecule has 0 unspecified atom stereocenters. The molecule has 0 aliphatic carbocycles. The topological polar surface area (TPSA) is 189 Å². The Morgan fingerprint density at radius 3 is 2.20 bits per heavy atom. The number of amides is 1. The van der Waals surface area contributed by atoms with Crippen LogP contribution in [0, 0.1) is 0 Å². The molecular formula is C29H33Cl2N7O8. The van der Waals surface area contributed by atoms with Gasteiger partial charge < -0.3 is 29.0 Å². The van der Waals surface area contributed by atoms with Crippen LogP contribution in [0.1, 0.15) is 15.9 Å². The van der Waals surface area contributed by atoms with Gasteiger partial charge in [0.1, 0.15) is 12.6 Å². The van der Waals surface area contributed by atoms with Gasteiger partial charge in [0.15, 0.2) is 5.75 Å². The number of hydrogen-bond acceptors (Lipinski definition) is 11. The van der Waals surface area contributed by atoms with Crippen LogP contribution < -0.4 is 15.6 Å². The van der Waals surface area contributed by atoms with E-state index >= 15 is 0 Å². The maximum atomic E-state index is 13.0. The van der Waals surface area contributed by atoms with Crippen molar-refractivity contribution in [3.05, 3.63) is 84.8 Å². The van der Waals surface area contributed by atoms with Gasteiger partial charge in [-0.15, -0.1) is 0 Å². The van der Waals surface area contributed by atoms with E-state index in [0.717, 1.165) is 0 Å². The summed E-state index contributed by atoms with van der Waals surface area (Å²) in [4.78, 5) is 44.9. The second-order valence-corrected chi connectivity index (χ2v) is 10.2. The Morgan fingerprint density at radius 1 is 0.978 bits per heavy atom. The van der Waals surface area contributed by atoms with Crippen LogP contribution >= 0.6 is 23.2 Å². The van der Waals surface area contributed by atoms with Crippen LogP contribution in [0.2, 0.25) is 10.0 Å². The number of halogens is 2. The van der Waals surface area contributed by atoms with Gasteiger partial charge in [0.2, 0.25) is 0 Å². The van der Waals surface area contributed by atoms with Crippen molar-refractivity contribution >= 4 is 35.1 Å². The number of azide groups is 1. The highest BCUT2D eigenvalue weighted by Gasteiger charge is 2.25. The number of carbonyl (C=O) groups is 2. The largest absolute Gasteiger partial charge is 0.489 e. The van der Waals surface area contributed by atoms with Crippen molar-refractivity contribution in [3.63, 3.8) is 0 Å². The smallest absolute Gasteiger partial charge is 0.328 e. The number of aromatic nitrogens is 3. The molecule has 3 aromatic rings. The highest BCUT2D eigenvalue weighted by Crippen LogP contribution is 2.27. The standard InChI is InChI=1S/C29H33Cl2N7O8/c1-38-28(40)25(24(18-35-38)46-14-13-45-12-11-44-10-9-43-8-7-34-37-32)20-5-3-19(4-6-20)15-23(29(41)42-2)36-27(39)26-21(30)16-33-17-22(26)31/h3-6,16-18,23H,7-15H2,1-2H3,(H,36,39)/t23-/m0/s1. The number of hydrogen-bond donors (Lipinski definition) is 1. The van der Waals surface area contributed by atoms with Gasteiger partial charge in [0.05, 0.1) is 74.1 Å². The Balaban J connectivity index is 1.57. The van der Waals surface area contributed by atoms with Gasteiger partial charge in [-0.3, -0.25) is 14.6 Å². The van der Waals surface area contributed by atoms with Crippen LogP contribution in [-0.4, -0.2) is 92.6 Å². The van der Waals surface area contributed by atoms with Crippen LogP contribution in [0.15, 0.2) is 52.8 Å². The lowest BCUT2D eigenvalue weighted by Crippen LogP contribution is -2.43. The Kier molecular flexibility index (Phi) is 15.2. The molecule has 0 aliphatic heterocycles. The first-order valence-corrected chi connectivity index (χ1v) is 14.7. The summed E-state index contributed by atoms with van der Waals surface area (Å²) in [5.41, 5.74) is 9.36. The minimum absolute atomic E-state index is 0.0100. The monoisotopic (exact) mass is 677 g/mol. The molecule has 0 spiro atoms. The SMILES string of the molecule is COC(=O)[C@H](Cc1ccc(-c2c(OCCOCCOCCOCCN=[N+]=[N-])cnn(C)c2=O)cc1)NC(=O)c1c(Cl)cncc1Cl. The molecule has 1 aromatic carbocycles. The van der Waals surface area contributed by atoms with Crippen LogP contribution in [0.3, 0.4) is 0 Å². The highest BCUT2D eigenvalue weighted by molar-refractivity contribution is 6.39. The molecule has 0 fully saturated rings. The molecule has 15 nitrogen and oxygen atoms in total. The quantitative estimate of drug-likeness (QED) is 0.0647. The molecule has 1 amide bonds. The molecule has 0 saturated carbocycles. The zero-order chi connectivity index (χ0) is 33.3. The predicted molar refractivity (Wildman–Crippen MR) is 168 cm³/mol. The van der Waals surface area contributed by atoms with E-state index in [4.69, 9.17) is 52.4 Å². The van der Waals surface area contributed by atoms with E-state index in [1.807, 2.05) is 0 Å². The number of esters is 1. The van der Waals surface area contributed by atoms with E-state index in [9.17, 15) is 14.4 Å². The Morgan fingerprint density at radius 2 is 1.59 bits per heavy atom. The summed E-state index contributed by atoms with van der Waals surface area (Å²) in [6.07, 6.45) is 4.09. The van der Waals surface area contributed by atoms with Gasteiger partial charge in [-0.2, -0.15) is 5.10 Å². The van der Waals surface area contributed by atoms with Gasteiger partial charge >= 0.3 is 5.97 Å². The first kappa shape index (κ1) is 36.2. The molecule has 1 atom stereocenters. The maximum absolute atomic E-state index is 13.0. The van der Waals surface area contributed by atoms with Crippen LogP contribution in [0.25, 0.3) is 21.6 Å². The molecule has 3 rings (SSSR count). The zero-order valence-corrected chi connectivity index (χ0v) is 26.7. The lowest BCUT2D eigenvalue weighted by molar-refractivity contribution is -0.142. The fourth-order valence-electron chi connectivity index (χ4n) is 4.04. The molecule has 46 heavy (non-hydrogen) atoms. The fraction of sp³-hybridized carbons (Fsp3) is 0.414. The molecule has 2 heterocycles. The molecule has 0 radical (unpaired) electrons. The number of carbonyl (C=O) groups excluding carboxylic acids is 2. The molecule has 246 valence electrons. The number of ether oxygens (including phenoxy) is 5. The molecule has 0 aliphatic rings. The summed E-state index contributed by atoms with van der Waals surface area (Å²) in [5.74, 6) is -1.05. The lowest BCUT2D eigenvalue weighted by Gasteiger charge is -2.18. The molecule has 0 saturated heterocycles. The van der Waals surface area contributed by atoms with Gasteiger partial charge in [0, 0.05) is 37.3 Å². The summed E-state index contributed by atoms with van der Waals surface area (Å²) in [7, 11) is 2.75. The average molecular weight is 679 g/mol. The van der Waals surface area contributed by atoms with Crippen molar-refractivity contribution in [2.45, 2.75) is 12.5 Å². The third kappa shape index (κ3) is 11.0. The number of nitrogens with zero attached hydrogens (tertiary/aromatic N) is 6. The lowest BCUT2D eigenvalue weighted by atomic mass is 10.0. The van der Waals surface area contributed by atoms with Gasteiger partial charge in [-0.1, -0.05) is 52.6 Å². The second kappa shape index (κ2) is 19.3. The Labute approximate surface area is 274 Å². The van der Waals surface area contributed by atoms with E-state index in [1.165, 1.54) is 37.4 Å². The van der Waals surface area contributed by atoms with E-state index in [2.05, 4.69) is 25.4 Å². The number of aryl methyl sites for hydroxylation is 1. The van der Waals surface area contributed by atoms with Crippen molar-refractivity contribution in [1.29, 1.82) is 0 Å². The van der Waals surface area contributed by atoms with E-state index in [0.29, 0.717) is 49.7 Å². The predicted octanol–water partition coefficient (Wildman–Crippen LogP) is 3.40. The molecule has 2 aromatic heterocycles.